The van der Waals surface area contributed by atoms with Gasteiger partial charge in [-0.1, -0.05) is 30.3 Å². The van der Waals surface area contributed by atoms with Crippen molar-refractivity contribution in [3.63, 3.8) is 0 Å². The number of carboxylic acid groups (broad SMARTS) is 1. The molecule has 0 radical (unpaired) electrons. The number of anilines is 1. The van der Waals surface area contributed by atoms with Crippen molar-refractivity contribution >= 4 is 43.5 Å². The van der Waals surface area contributed by atoms with Crippen LogP contribution in [-0.4, -0.2) is 44.6 Å². The lowest BCUT2D eigenvalue weighted by molar-refractivity contribution is -0.136. The molecule has 3 aromatic rings. The van der Waals surface area contributed by atoms with Crippen molar-refractivity contribution in [1.29, 1.82) is 0 Å². The first-order chi connectivity index (χ1) is 17.2. The highest BCUT2D eigenvalue weighted by Gasteiger charge is 2.42. The van der Waals surface area contributed by atoms with Crippen molar-refractivity contribution in [3.05, 3.63) is 88.1 Å². The summed E-state index contributed by atoms with van der Waals surface area (Å²) >= 11 is 3.02. The summed E-state index contributed by atoms with van der Waals surface area (Å²) in [6, 6.07) is 15.9. The Morgan fingerprint density at radius 1 is 1.11 bits per heavy atom. The first-order valence-corrected chi connectivity index (χ1v) is 13.2. The van der Waals surface area contributed by atoms with E-state index in [0.29, 0.717) is 22.6 Å². The molecule has 4 rings (SSSR count). The molecule has 0 fully saturated rings. The zero-order chi connectivity index (χ0) is 25.9. The molecule has 3 aromatic carbocycles. The molecule has 0 aromatic heterocycles. The number of halogens is 2. The Kier molecular flexibility index (Phi) is 7.60. The van der Waals surface area contributed by atoms with E-state index in [1.54, 1.807) is 48.5 Å². The maximum atomic E-state index is 14.1. The first-order valence-electron chi connectivity index (χ1n) is 11.0. The van der Waals surface area contributed by atoms with Crippen LogP contribution in [0.15, 0.2) is 76.1 Å². The van der Waals surface area contributed by atoms with Crippen molar-refractivity contribution in [2.75, 3.05) is 17.5 Å². The van der Waals surface area contributed by atoms with Gasteiger partial charge < -0.3 is 15.2 Å². The average Bonchev–Trinajstić information content (AvgIpc) is 3.25. The summed E-state index contributed by atoms with van der Waals surface area (Å²) in [6.07, 6.45) is 0.0819. The molecule has 1 aliphatic heterocycles. The molecule has 0 unspecified atom stereocenters. The highest BCUT2D eigenvalue weighted by Crippen LogP contribution is 2.37. The Bertz CT molecular complexity index is 1400. The number of ether oxygens (including phenoxy) is 1. The number of nitrogens with zero attached hydrogens (tertiary/aromatic N) is 1. The quantitative estimate of drug-likeness (QED) is 0.377. The van der Waals surface area contributed by atoms with E-state index in [9.17, 15) is 22.4 Å². The van der Waals surface area contributed by atoms with Crippen LogP contribution in [0.3, 0.4) is 0 Å². The largest absolute Gasteiger partial charge is 0.492 e. The first kappa shape index (κ1) is 25.6. The van der Waals surface area contributed by atoms with Crippen molar-refractivity contribution in [3.8, 4) is 5.75 Å². The number of hydrogen-bond acceptors (Lipinski definition) is 5. The van der Waals surface area contributed by atoms with Crippen LogP contribution in [0.4, 0.5) is 10.1 Å². The van der Waals surface area contributed by atoms with Crippen molar-refractivity contribution < 1.29 is 32.2 Å². The molecule has 0 saturated heterocycles. The lowest BCUT2D eigenvalue weighted by Crippen LogP contribution is -2.48. The number of para-hydroxylation sites is 1. The van der Waals surface area contributed by atoms with Gasteiger partial charge in [0.25, 0.3) is 10.0 Å². The molecule has 1 amide bonds. The molecular formula is C25H22BrFN2O6S. The Morgan fingerprint density at radius 3 is 2.53 bits per heavy atom. The molecule has 36 heavy (non-hydrogen) atoms. The van der Waals surface area contributed by atoms with Crippen LogP contribution in [0, 0.1) is 5.82 Å². The van der Waals surface area contributed by atoms with Gasteiger partial charge in [-0.25, -0.2) is 12.8 Å². The number of carboxylic acids is 1. The highest BCUT2D eigenvalue weighted by atomic mass is 79.9. The Hall–Kier alpha value is -3.44. The average molecular weight is 577 g/mol. The van der Waals surface area contributed by atoms with Crippen LogP contribution in [0.1, 0.15) is 11.1 Å². The highest BCUT2D eigenvalue weighted by molar-refractivity contribution is 9.10. The van der Waals surface area contributed by atoms with E-state index < -0.39 is 33.8 Å². The normalized spacial score (nSPS) is 14.8. The summed E-state index contributed by atoms with van der Waals surface area (Å²) in [4.78, 5) is 23.6. The fourth-order valence-corrected chi connectivity index (χ4v) is 5.85. The summed E-state index contributed by atoms with van der Waals surface area (Å²) < 4.78 is 47.9. The molecule has 1 heterocycles. The number of benzene rings is 3. The van der Waals surface area contributed by atoms with E-state index >= 15 is 0 Å². The number of carbonyl (C=O) groups excluding carboxylic acids is 1. The predicted molar refractivity (Wildman–Crippen MR) is 134 cm³/mol. The van der Waals surface area contributed by atoms with Gasteiger partial charge in [0.05, 0.1) is 28.0 Å². The fraction of sp³-hybridized carbons (Fsp3) is 0.200. The zero-order valence-electron chi connectivity index (χ0n) is 18.9. The molecule has 188 valence electrons. The molecule has 1 atom stereocenters. The Morgan fingerprint density at radius 2 is 1.83 bits per heavy atom. The van der Waals surface area contributed by atoms with E-state index in [4.69, 9.17) is 9.84 Å². The van der Waals surface area contributed by atoms with Crippen molar-refractivity contribution in [1.82, 2.24) is 5.32 Å². The molecule has 0 spiro atoms. The number of aliphatic carboxylic acids is 1. The maximum Gasteiger partial charge on any atom is 0.307 e. The maximum absolute atomic E-state index is 14.1. The van der Waals surface area contributed by atoms with Gasteiger partial charge >= 0.3 is 5.97 Å². The van der Waals surface area contributed by atoms with Crippen molar-refractivity contribution in [2.45, 2.75) is 23.8 Å². The van der Waals surface area contributed by atoms with E-state index in [2.05, 4.69) is 21.2 Å². The number of carbonyl (C=O) groups is 2. The second-order valence-electron chi connectivity index (χ2n) is 8.08. The molecule has 8 nitrogen and oxygen atoms in total. The van der Waals surface area contributed by atoms with Gasteiger partial charge in [0.15, 0.2) is 0 Å². The second-order valence-corrected chi connectivity index (χ2v) is 10.7. The van der Waals surface area contributed by atoms with Gasteiger partial charge in [0, 0.05) is 6.42 Å². The van der Waals surface area contributed by atoms with Gasteiger partial charge in [-0.15, -0.1) is 0 Å². The van der Waals surface area contributed by atoms with E-state index in [0.717, 1.165) is 10.4 Å². The zero-order valence-corrected chi connectivity index (χ0v) is 21.3. The molecule has 0 saturated carbocycles. The Balaban J connectivity index is 1.45. The molecule has 11 heteroatoms. The number of amides is 1. The minimum atomic E-state index is -4.23. The Labute approximate surface area is 215 Å². The van der Waals surface area contributed by atoms with Gasteiger partial charge in [-0.2, -0.15) is 0 Å². The minimum Gasteiger partial charge on any atom is -0.492 e. The van der Waals surface area contributed by atoms with E-state index in [1.807, 2.05) is 0 Å². The van der Waals surface area contributed by atoms with Crippen LogP contribution >= 0.6 is 15.9 Å². The standard InChI is InChI=1S/C25H22BrFN2O6S/c26-20-10-9-19(15-21(20)27)36(33,34)29-22-4-2-1-3-17(22)14-23(29)25(32)28-11-12-35-18-7-5-16(6-8-18)13-24(30)31/h1-10,15,23H,11-14H2,(H,28,32)(H,30,31)/t23-/m0/s1. The second kappa shape index (κ2) is 10.7. The van der Waals surface area contributed by atoms with Gasteiger partial charge in [0.1, 0.15) is 24.2 Å². The lowest BCUT2D eigenvalue weighted by atomic mass is 10.1. The molecule has 0 aliphatic carbocycles. The SMILES string of the molecule is O=C(O)Cc1ccc(OCCNC(=O)[C@@H]2Cc3ccccc3N2S(=O)(=O)c2ccc(Br)c(F)c2)cc1. The monoisotopic (exact) mass is 576 g/mol. The van der Waals surface area contributed by atoms with Crippen LogP contribution in [0.25, 0.3) is 0 Å². The minimum absolute atomic E-state index is 0.0909. The third-order valence-electron chi connectivity index (χ3n) is 5.62. The van der Waals surface area contributed by atoms with E-state index in [1.165, 1.54) is 12.1 Å². The third-order valence-corrected chi connectivity index (χ3v) is 8.09. The number of nitrogens with one attached hydrogen (secondary N) is 1. The van der Waals surface area contributed by atoms with Crippen molar-refractivity contribution in [2.24, 2.45) is 0 Å². The number of sulfonamides is 1. The van der Waals surface area contributed by atoms with Gasteiger partial charge in [-0.3, -0.25) is 13.9 Å². The molecule has 1 aliphatic rings. The molecule has 2 N–H and O–H groups in total. The number of fused-ring (bicyclic) bond motifs is 1. The third kappa shape index (κ3) is 5.52. The lowest BCUT2D eigenvalue weighted by Gasteiger charge is -2.26. The van der Waals surface area contributed by atoms with Crippen LogP contribution < -0.4 is 14.4 Å². The summed E-state index contributed by atoms with van der Waals surface area (Å²) in [6.45, 7) is 0.234. The summed E-state index contributed by atoms with van der Waals surface area (Å²) in [5.41, 5.74) is 1.70. The summed E-state index contributed by atoms with van der Waals surface area (Å²) in [5.74, 6) is -1.65. The molecular weight excluding hydrogens is 555 g/mol. The van der Waals surface area contributed by atoms with Crippen LogP contribution in [-0.2, 0) is 32.5 Å². The van der Waals surface area contributed by atoms with Gasteiger partial charge in [-0.05, 0) is 63.5 Å². The summed E-state index contributed by atoms with van der Waals surface area (Å²) in [5, 5.41) is 11.5. The topological polar surface area (TPSA) is 113 Å². The summed E-state index contributed by atoms with van der Waals surface area (Å²) in [7, 11) is -4.23. The number of rotatable bonds is 9. The smallest absolute Gasteiger partial charge is 0.307 e. The fourth-order valence-electron chi connectivity index (χ4n) is 3.94. The number of hydrogen-bond donors (Lipinski definition) is 2. The predicted octanol–water partition coefficient (Wildman–Crippen LogP) is 3.53. The van der Waals surface area contributed by atoms with Crippen LogP contribution in [0.5, 0.6) is 5.75 Å². The molecule has 0 bridgehead atoms. The van der Waals surface area contributed by atoms with E-state index in [-0.39, 0.29) is 35.4 Å². The van der Waals surface area contributed by atoms with Crippen LogP contribution in [0.2, 0.25) is 0 Å². The van der Waals surface area contributed by atoms with Gasteiger partial charge in [0.2, 0.25) is 5.91 Å².